The van der Waals surface area contributed by atoms with Crippen molar-refractivity contribution in [3.05, 3.63) is 29.8 Å². The average Bonchev–Trinajstić information content (AvgIpc) is 2.97. The summed E-state index contributed by atoms with van der Waals surface area (Å²) in [5.74, 6) is -0.796. The summed E-state index contributed by atoms with van der Waals surface area (Å²) in [4.78, 5) is 11.6. The van der Waals surface area contributed by atoms with E-state index in [1.807, 2.05) is 6.07 Å². The number of hydrogen-bond donors (Lipinski definition) is 0. The minimum Gasteiger partial charge on any atom is -0.469 e. The molecule has 106 valence electrons. The predicted molar refractivity (Wildman–Crippen MR) is 70.0 cm³/mol. The summed E-state index contributed by atoms with van der Waals surface area (Å²) in [5.41, 5.74) is 0.401. The van der Waals surface area contributed by atoms with Gasteiger partial charge in [0.25, 0.3) is 0 Å². The summed E-state index contributed by atoms with van der Waals surface area (Å²) in [6.07, 6.45) is 0.460. The summed E-state index contributed by atoms with van der Waals surface area (Å²) in [6, 6.07) is 7.66. The highest BCUT2D eigenvalue weighted by Gasteiger charge is 2.36. The van der Waals surface area contributed by atoms with Crippen LogP contribution >= 0.6 is 0 Å². The molecular formula is C13H14N2O4S. The number of carbonyl (C=O) groups is 1. The van der Waals surface area contributed by atoms with Crippen LogP contribution in [0.4, 0.5) is 0 Å². The third-order valence-corrected chi connectivity index (χ3v) is 5.19. The molecule has 1 aliphatic heterocycles. The number of benzene rings is 1. The van der Waals surface area contributed by atoms with Crippen LogP contribution in [0.5, 0.6) is 0 Å². The van der Waals surface area contributed by atoms with Crippen molar-refractivity contribution in [3.63, 3.8) is 0 Å². The molecule has 0 amide bonds. The van der Waals surface area contributed by atoms with Gasteiger partial charge in [-0.05, 0) is 30.7 Å². The number of carbonyl (C=O) groups excluding carboxylic acids is 1. The number of methoxy groups -OCH3 is 1. The topological polar surface area (TPSA) is 87.5 Å². The van der Waals surface area contributed by atoms with Crippen molar-refractivity contribution >= 4 is 16.0 Å². The minimum absolute atomic E-state index is 0.127. The van der Waals surface area contributed by atoms with E-state index >= 15 is 0 Å². The highest BCUT2D eigenvalue weighted by atomic mass is 32.2. The van der Waals surface area contributed by atoms with Crippen LogP contribution in [0.1, 0.15) is 12.0 Å². The lowest BCUT2D eigenvalue weighted by atomic mass is 10.1. The summed E-state index contributed by atoms with van der Waals surface area (Å²) >= 11 is 0. The van der Waals surface area contributed by atoms with E-state index in [1.165, 1.54) is 35.7 Å². The molecule has 0 bridgehead atoms. The third-order valence-electron chi connectivity index (χ3n) is 3.31. The molecule has 0 aliphatic carbocycles. The molecule has 1 fully saturated rings. The number of sulfonamides is 1. The Labute approximate surface area is 117 Å². The van der Waals surface area contributed by atoms with Gasteiger partial charge in [0.15, 0.2) is 0 Å². The van der Waals surface area contributed by atoms with Gasteiger partial charge in [0, 0.05) is 13.1 Å². The van der Waals surface area contributed by atoms with Gasteiger partial charge in [0.1, 0.15) is 0 Å². The molecule has 1 atom stereocenters. The van der Waals surface area contributed by atoms with Gasteiger partial charge in [-0.15, -0.1) is 0 Å². The Hall–Kier alpha value is -1.91. The number of ether oxygens (including phenoxy) is 1. The molecule has 1 aromatic rings. The standard InChI is InChI=1S/C13H14N2O4S/c1-19-13(16)11-6-7-15(9-11)20(17,18)12-4-2-10(8-14)3-5-12/h2-5,11H,6-7,9H2,1H3. The van der Waals surface area contributed by atoms with Crippen molar-refractivity contribution in [2.45, 2.75) is 11.3 Å². The molecule has 1 saturated heterocycles. The van der Waals surface area contributed by atoms with Crippen LogP contribution in [0.2, 0.25) is 0 Å². The second-order valence-corrected chi connectivity index (χ2v) is 6.45. The smallest absolute Gasteiger partial charge is 0.310 e. The van der Waals surface area contributed by atoms with E-state index in [9.17, 15) is 13.2 Å². The molecule has 0 saturated carbocycles. The summed E-state index contributed by atoms with van der Waals surface area (Å²) in [7, 11) is -2.33. The zero-order valence-corrected chi connectivity index (χ0v) is 11.8. The van der Waals surface area contributed by atoms with Crippen LogP contribution in [0.3, 0.4) is 0 Å². The van der Waals surface area contributed by atoms with Crippen LogP contribution in [0.25, 0.3) is 0 Å². The van der Waals surface area contributed by atoms with Crippen LogP contribution in [-0.2, 0) is 19.6 Å². The maximum absolute atomic E-state index is 12.4. The first-order chi connectivity index (χ1) is 9.48. The Bertz CT molecular complexity index is 646. The van der Waals surface area contributed by atoms with Gasteiger partial charge >= 0.3 is 5.97 Å². The van der Waals surface area contributed by atoms with E-state index in [1.54, 1.807) is 0 Å². The first kappa shape index (κ1) is 14.5. The van der Waals surface area contributed by atoms with Crippen molar-refractivity contribution in [2.24, 2.45) is 5.92 Å². The molecule has 0 spiro atoms. The van der Waals surface area contributed by atoms with Crippen molar-refractivity contribution in [1.82, 2.24) is 4.31 Å². The van der Waals surface area contributed by atoms with E-state index < -0.39 is 15.9 Å². The van der Waals surface area contributed by atoms with Crippen LogP contribution < -0.4 is 0 Å². The fourth-order valence-corrected chi connectivity index (χ4v) is 3.66. The quantitative estimate of drug-likeness (QED) is 0.767. The van der Waals surface area contributed by atoms with Crippen molar-refractivity contribution in [3.8, 4) is 6.07 Å². The summed E-state index contributed by atoms with van der Waals surface area (Å²) in [5, 5.41) is 8.70. The number of nitrogens with zero attached hydrogens (tertiary/aromatic N) is 2. The summed E-state index contributed by atoms with van der Waals surface area (Å²) < 4.78 is 30.7. The van der Waals surface area contributed by atoms with Crippen LogP contribution in [0.15, 0.2) is 29.2 Å². The zero-order chi connectivity index (χ0) is 14.8. The molecule has 0 radical (unpaired) electrons. The second-order valence-electron chi connectivity index (χ2n) is 4.51. The molecular weight excluding hydrogens is 280 g/mol. The van der Waals surface area contributed by atoms with Gasteiger partial charge in [-0.25, -0.2) is 8.42 Å². The second kappa shape index (κ2) is 5.61. The van der Waals surface area contributed by atoms with Gasteiger partial charge < -0.3 is 4.74 Å². The van der Waals surface area contributed by atoms with Crippen molar-refractivity contribution in [1.29, 1.82) is 5.26 Å². The Kier molecular flexibility index (Phi) is 4.06. The maximum Gasteiger partial charge on any atom is 0.310 e. The first-order valence-electron chi connectivity index (χ1n) is 6.07. The number of rotatable bonds is 3. The molecule has 1 unspecified atom stereocenters. The molecule has 7 heteroatoms. The molecule has 0 N–H and O–H groups in total. The number of hydrogen-bond acceptors (Lipinski definition) is 5. The lowest BCUT2D eigenvalue weighted by molar-refractivity contribution is -0.144. The monoisotopic (exact) mass is 294 g/mol. The molecule has 1 heterocycles. The van der Waals surface area contributed by atoms with E-state index in [0.717, 1.165) is 0 Å². The predicted octanol–water partition coefficient (Wildman–Crippen LogP) is 0.742. The molecule has 1 aromatic carbocycles. The molecule has 20 heavy (non-hydrogen) atoms. The highest BCUT2D eigenvalue weighted by Crippen LogP contribution is 2.25. The van der Waals surface area contributed by atoms with Gasteiger partial charge in [0.2, 0.25) is 10.0 Å². The van der Waals surface area contributed by atoms with Gasteiger partial charge in [-0.3, -0.25) is 4.79 Å². The van der Waals surface area contributed by atoms with Crippen molar-refractivity contribution in [2.75, 3.05) is 20.2 Å². The lowest BCUT2D eigenvalue weighted by Crippen LogP contribution is -2.30. The molecule has 6 nitrogen and oxygen atoms in total. The molecule has 0 aromatic heterocycles. The van der Waals surface area contributed by atoms with E-state index in [-0.39, 0.29) is 17.4 Å². The lowest BCUT2D eigenvalue weighted by Gasteiger charge is -2.16. The Balaban J connectivity index is 2.19. The van der Waals surface area contributed by atoms with E-state index in [4.69, 9.17) is 5.26 Å². The fourth-order valence-electron chi connectivity index (χ4n) is 2.16. The van der Waals surface area contributed by atoms with Gasteiger partial charge in [-0.2, -0.15) is 9.57 Å². The van der Waals surface area contributed by atoms with Gasteiger partial charge in [0.05, 0.1) is 29.6 Å². The Morgan fingerprint density at radius 2 is 2.05 bits per heavy atom. The van der Waals surface area contributed by atoms with Gasteiger partial charge in [-0.1, -0.05) is 0 Å². The molecule has 1 aliphatic rings. The molecule has 2 rings (SSSR count). The highest BCUT2D eigenvalue weighted by molar-refractivity contribution is 7.89. The number of nitriles is 1. The maximum atomic E-state index is 12.4. The Morgan fingerprint density at radius 1 is 1.40 bits per heavy atom. The van der Waals surface area contributed by atoms with E-state index in [2.05, 4.69) is 4.74 Å². The Morgan fingerprint density at radius 3 is 2.60 bits per heavy atom. The minimum atomic E-state index is -3.62. The van der Waals surface area contributed by atoms with Crippen LogP contribution in [0, 0.1) is 17.2 Å². The SMILES string of the molecule is COC(=O)C1CCN(S(=O)(=O)c2ccc(C#N)cc2)C1. The fraction of sp³-hybridized carbons (Fsp3) is 0.385. The van der Waals surface area contributed by atoms with Crippen molar-refractivity contribution < 1.29 is 17.9 Å². The van der Waals surface area contributed by atoms with E-state index in [0.29, 0.717) is 18.5 Å². The summed E-state index contributed by atoms with van der Waals surface area (Å²) in [6.45, 7) is 0.428. The normalized spacial score (nSPS) is 19.5. The zero-order valence-electron chi connectivity index (χ0n) is 10.9. The first-order valence-corrected chi connectivity index (χ1v) is 7.51. The number of esters is 1. The van der Waals surface area contributed by atoms with Crippen LogP contribution in [-0.4, -0.2) is 38.9 Å². The average molecular weight is 294 g/mol. The largest absolute Gasteiger partial charge is 0.469 e. The third kappa shape index (κ3) is 2.66.